The molecule has 142 valence electrons. The van der Waals surface area contributed by atoms with Crippen molar-refractivity contribution in [3.05, 3.63) is 47.3 Å². The largest absolute Gasteiger partial charge is 0.495 e. The van der Waals surface area contributed by atoms with E-state index in [9.17, 15) is 10.1 Å². The minimum absolute atomic E-state index is 0.138. The topological polar surface area (TPSA) is 92.3 Å². The Morgan fingerprint density at radius 1 is 1.43 bits per heavy atom. The first-order valence-electron chi connectivity index (χ1n) is 9.27. The summed E-state index contributed by atoms with van der Waals surface area (Å²) in [5.41, 5.74) is 3.52. The highest BCUT2D eigenvalue weighted by molar-refractivity contribution is 6.00. The van der Waals surface area contributed by atoms with E-state index < -0.39 is 0 Å². The molecule has 1 atom stereocenters. The summed E-state index contributed by atoms with van der Waals surface area (Å²) >= 11 is 0. The van der Waals surface area contributed by atoms with Crippen molar-refractivity contribution < 1.29 is 9.53 Å². The number of benzene rings is 1. The van der Waals surface area contributed by atoms with Gasteiger partial charge in [0.25, 0.3) is 5.91 Å². The molecule has 1 saturated carbocycles. The molecular weight excluding hydrogens is 354 g/mol. The van der Waals surface area contributed by atoms with E-state index in [0.717, 1.165) is 18.5 Å². The number of fused-ring (bicyclic) bond motifs is 1. The number of para-hydroxylation sites is 1. The van der Waals surface area contributed by atoms with E-state index in [4.69, 9.17) is 4.74 Å². The molecule has 3 aromatic rings. The summed E-state index contributed by atoms with van der Waals surface area (Å²) in [5, 5.41) is 16.7. The highest BCUT2D eigenvalue weighted by atomic mass is 16.5. The van der Waals surface area contributed by atoms with Gasteiger partial charge in [-0.2, -0.15) is 10.4 Å². The maximum Gasteiger partial charge on any atom is 0.256 e. The van der Waals surface area contributed by atoms with Gasteiger partial charge in [-0.25, -0.2) is 9.50 Å². The monoisotopic (exact) mass is 375 g/mol. The average Bonchev–Trinajstić information content (AvgIpc) is 3.46. The van der Waals surface area contributed by atoms with E-state index in [0.29, 0.717) is 39.7 Å². The van der Waals surface area contributed by atoms with E-state index in [1.165, 1.54) is 7.11 Å². The quantitative estimate of drug-likeness (QED) is 0.740. The van der Waals surface area contributed by atoms with E-state index in [1.807, 2.05) is 26.0 Å². The Morgan fingerprint density at radius 2 is 2.21 bits per heavy atom. The molecule has 28 heavy (non-hydrogen) atoms. The molecule has 2 aromatic heterocycles. The highest BCUT2D eigenvalue weighted by Gasteiger charge is 2.30. The summed E-state index contributed by atoms with van der Waals surface area (Å²) in [4.78, 5) is 17.5. The maximum atomic E-state index is 12.8. The van der Waals surface area contributed by atoms with E-state index >= 15 is 0 Å². The van der Waals surface area contributed by atoms with Crippen molar-refractivity contribution in [1.29, 1.82) is 5.26 Å². The standard InChI is InChI=1S/C21H21N5O2/c1-12-9-18(16-6-4-5-15(10-22)19(16)28-3)25-20-17(11-23-26(12)20)21(27)24-13(2)14-7-8-14/h4-6,9,11,13-14H,7-8H2,1-3H3,(H,24,27)/t13-/m0/s1. The third-order valence-electron chi connectivity index (χ3n) is 5.20. The van der Waals surface area contributed by atoms with Crippen LogP contribution in [0.5, 0.6) is 5.75 Å². The van der Waals surface area contributed by atoms with Gasteiger partial charge >= 0.3 is 0 Å². The second-order valence-electron chi connectivity index (χ2n) is 7.17. The number of carbonyl (C=O) groups is 1. The second kappa shape index (κ2) is 6.97. The molecule has 0 saturated heterocycles. The fourth-order valence-corrected chi connectivity index (χ4v) is 3.46. The van der Waals surface area contributed by atoms with Crippen LogP contribution in [0, 0.1) is 24.2 Å². The zero-order chi connectivity index (χ0) is 19.8. The lowest BCUT2D eigenvalue weighted by Gasteiger charge is -2.13. The number of nitrogens with zero attached hydrogens (tertiary/aromatic N) is 4. The van der Waals surface area contributed by atoms with Gasteiger partial charge in [-0.1, -0.05) is 6.07 Å². The van der Waals surface area contributed by atoms with Crippen molar-refractivity contribution in [3.63, 3.8) is 0 Å². The zero-order valence-electron chi connectivity index (χ0n) is 16.1. The van der Waals surface area contributed by atoms with Crippen LogP contribution in [0.15, 0.2) is 30.5 Å². The minimum atomic E-state index is -0.170. The third kappa shape index (κ3) is 3.07. The molecule has 1 amide bonds. The molecule has 4 rings (SSSR count). The first-order chi connectivity index (χ1) is 13.5. The minimum Gasteiger partial charge on any atom is -0.495 e. The van der Waals surface area contributed by atoms with E-state index in [-0.39, 0.29) is 11.9 Å². The summed E-state index contributed by atoms with van der Waals surface area (Å²) in [5.74, 6) is 0.861. The van der Waals surface area contributed by atoms with E-state index in [2.05, 4.69) is 21.5 Å². The fraction of sp³-hybridized carbons (Fsp3) is 0.333. The number of hydrogen-bond donors (Lipinski definition) is 1. The third-order valence-corrected chi connectivity index (χ3v) is 5.20. The van der Waals surface area contributed by atoms with Crippen molar-refractivity contribution in [2.45, 2.75) is 32.7 Å². The summed E-state index contributed by atoms with van der Waals surface area (Å²) in [6.45, 7) is 3.93. The molecule has 0 unspecified atom stereocenters. The molecule has 1 fully saturated rings. The van der Waals surface area contributed by atoms with Crippen molar-refractivity contribution in [1.82, 2.24) is 19.9 Å². The van der Waals surface area contributed by atoms with Gasteiger partial charge in [0.15, 0.2) is 5.65 Å². The predicted molar refractivity (Wildman–Crippen MR) is 104 cm³/mol. The molecule has 0 radical (unpaired) electrons. The number of methoxy groups -OCH3 is 1. The normalized spacial score (nSPS) is 14.5. The number of rotatable bonds is 5. The Labute approximate surface area is 163 Å². The molecule has 7 heteroatoms. The van der Waals surface area contributed by atoms with Crippen LogP contribution in [0.25, 0.3) is 16.9 Å². The molecule has 1 aliphatic carbocycles. The van der Waals surface area contributed by atoms with Crippen LogP contribution in [0.2, 0.25) is 0 Å². The number of amides is 1. The van der Waals surface area contributed by atoms with Gasteiger partial charge in [-0.15, -0.1) is 0 Å². The number of aryl methyl sites for hydroxylation is 1. The van der Waals surface area contributed by atoms with Crippen LogP contribution in [0.1, 0.15) is 41.4 Å². The molecule has 1 aromatic carbocycles. The van der Waals surface area contributed by atoms with Gasteiger partial charge in [0.05, 0.1) is 24.6 Å². The number of carbonyl (C=O) groups excluding carboxylic acids is 1. The Balaban J connectivity index is 1.80. The van der Waals surface area contributed by atoms with Crippen LogP contribution in [0.4, 0.5) is 0 Å². The predicted octanol–water partition coefficient (Wildman–Crippen LogP) is 3.11. The SMILES string of the molecule is COc1c(C#N)cccc1-c1cc(C)n2ncc(C(=O)N[C@@H](C)C3CC3)c2n1. The van der Waals surface area contributed by atoms with Gasteiger partial charge in [0.1, 0.15) is 17.4 Å². The van der Waals surface area contributed by atoms with Gasteiger partial charge < -0.3 is 10.1 Å². The van der Waals surface area contributed by atoms with Gasteiger partial charge in [0, 0.05) is 17.3 Å². The highest BCUT2D eigenvalue weighted by Crippen LogP contribution is 2.34. The van der Waals surface area contributed by atoms with E-state index in [1.54, 1.807) is 22.8 Å². The van der Waals surface area contributed by atoms with Crippen LogP contribution >= 0.6 is 0 Å². The van der Waals surface area contributed by atoms with Gasteiger partial charge in [-0.3, -0.25) is 4.79 Å². The lowest BCUT2D eigenvalue weighted by molar-refractivity contribution is 0.0937. The number of nitriles is 1. The molecule has 0 bridgehead atoms. The Hall–Kier alpha value is -3.40. The Morgan fingerprint density at radius 3 is 2.89 bits per heavy atom. The zero-order valence-corrected chi connectivity index (χ0v) is 16.1. The van der Waals surface area contributed by atoms with Gasteiger partial charge in [0.2, 0.25) is 0 Å². The Kier molecular flexibility index (Phi) is 4.47. The average molecular weight is 375 g/mol. The molecular formula is C21H21N5O2. The number of aromatic nitrogens is 3. The number of hydrogen-bond acceptors (Lipinski definition) is 5. The maximum absolute atomic E-state index is 12.8. The van der Waals surface area contributed by atoms with Crippen LogP contribution < -0.4 is 10.1 Å². The summed E-state index contributed by atoms with van der Waals surface area (Å²) in [7, 11) is 1.53. The molecule has 2 heterocycles. The van der Waals surface area contributed by atoms with Crippen molar-refractivity contribution in [3.8, 4) is 23.1 Å². The lowest BCUT2D eigenvalue weighted by Crippen LogP contribution is -2.34. The van der Waals surface area contributed by atoms with Crippen LogP contribution in [0.3, 0.4) is 0 Å². The van der Waals surface area contributed by atoms with Crippen molar-refractivity contribution >= 4 is 11.6 Å². The van der Waals surface area contributed by atoms with Crippen LogP contribution in [-0.2, 0) is 0 Å². The second-order valence-corrected chi connectivity index (χ2v) is 7.17. The van der Waals surface area contributed by atoms with Crippen molar-refractivity contribution in [2.24, 2.45) is 5.92 Å². The van der Waals surface area contributed by atoms with Gasteiger partial charge in [-0.05, 0) is 50.8 Å². The Bertz CT molecular complexity index is 1110. The molecule has 7 nitrogen and oxygen atoms in total. The van der Waals surface area contributed by atoms with Crippen molar-refractivity contribution in [2.75, 3.05) is 7.11 Å². The van der Waals surface area contributed by atoms with Crippen LogP contribution in [-0.4, -0.2) is 33.7 Å². The molecule has 0 spiro atoms. The summed E-state index contributed by atoms with van der Waals surface area (Å²) < 4.78 is 7.11. The fourth-order valence-electron chi connectivity index (χ4n) is 3.46. The smallest absolute Gasteiger partial charge is 0.256 e. The first kappa shape index (κ1) is 18.0. The number of nitrogens with one attached hydrogen (secondary N) is 1. The summed E-state index contributed by atoms with van der Waals surface area (Å²) in [6.07, 6.45) is 3.87. The first-order valence-corrected chi connectivity index (χ1v) is 9.27. The molecule has 1 N–H and O–H groups in total. The summed E-state index contributed by atoms with van der Waals surface area (Å²) in [6, 6.07) is 9.48. The molecule has 1 aliphatic rings. The lowest BCUT2D eigenvalue weighted by atomic mass is 10.1. The number of ether oxygens (including phenoxy) is 1. The molecule has 0 aliphatic heterocycles.